The minimum absolute atomic E-state index is 0.0707. The lowest BCUT2D eigenvalue weighted by atomic mass is 10.2. The Morgan fingerprint density at radius 1 is 1.26 bits per heavy atom. The molecule has 0 saturated carbocycles. The van der Waals surface area contributed by atoms with Crippen molar-refractivity contribution in [2.75, 3.05) is 13.1 Å². The van der Waals surface area contributed by atoms with Crippen LogP contribution in [-0.2, 0) is 13.0 Å². The summed E-state index contributed by atoms with van der Waals surface area (Å²) in [5.74, 6) is 0.733. The summed E-state index contributed by atoms with van der Waals surface area (Å²) in [7, 11) is 0. The van der Waals surface area contributed by atoms with Crippen molar-refractivity contribution in [3.63, 3.8) is 0 Å². The molecule has 2 aromatic heterocycles. The molecular formula is C17H18ClN3OS. The molecule has 23 heavy (non-hydrogen) atoms. The van der Waals surface area contributed by atoms with E-state index >= 15 is 0 Å². The summed E-state index contributed by atoms with van der Waals surface area (Å²) in [6.07, 6.45) is 0.715. The smallest absolute Gasteiger partial charge is 0.258 e. The molecule has 0 fully saturated rings. The molecule has 0 atom stereocenters. The lowest BCUT2D eigenvalue weighted by Gasteiger charge is -2.19. The van der Waals surface area contributed by atoms with E-state index in [1.54, 1.807) is 17.4 Å². The highest BCUT2D eigenvalue weighted by atomic mass is 35.5. The fourth-order valence-corrected chi connectivity index (χ4v) is 3.65. The second-order valence-electron chi connectivity index (χ2n) is 5.35. The molecule has 0 amide bonds. The van der Waals surface area contributed by atoms with Gasteiger partial charge in [0.05, 0.1) is 15.2 Å². The molecule has 0 aliphatic carbocycles. The zero-order chi connectivity index (χ0) is 16.2. The number of para-hydroxylation sites is 1. The number of H-pyrrole nitrogens is 1. The van der Waals surface area contributed by atoms with E-state index in [0.29, 0.717) is 11.8 Å². The van der Waals surface area contributed by atoms with Crippen LogP contribution in [0.5, 0.6) is 0 Å². The summed E-state index contributed by atoms with van der Waals surface area (Å²) in [6, 6.07) is 11.4. The van der Waals surface area contributed by atoms with E-state index in [2.05, 4.69) is 27.9 Å². The topological polar surface area (TPSA) is 49.0 Å². The van der Waals surface area contributed by atoms with Crippen molar-refractivity contribution in [3.05, 3.63) is 61.8 Å². The quantitative estimate of drug-likeness (QED) is 0.739. The lowest BCUT2D eigenvalue weighted by molar-refractivity contribution is 0.284. The molecule has 3 aromatic rings. The number of halogens is 1. The van der Waals surface area contributed by atoms with Gasteiger partial charge in [-0.05, 0) is 30.8 Å². The van der Waals surface area contributed by atoms with Crippen molar-refractivity contribution >= 4 is 33.8 Å². The normalized spacial score (nSPS) is 11.4. The minimum Gasteiger partial charge on any atom is -0.310 e. The SMILES string of the molecule is CCN(CCc1nc2ccccc2c(=O)[nH]1)Cc1ccc(Cl)s1. The van der Waals surface area contributed by atoms with Crippen LogP contribution in [0.3, 0.4) is 0 Å². The van der Waals surface area contributed by atoms with Crippen molar-refractivity contribution in [3.8, 4) is 0 Å². The molecule has 0 unspecified atom stereocenters. The first kappa shape index (κ1) is 16.2. The highest BCUT2D eigenvalue weighted by Gasteiger charge is 2.08. The Kier molecular flexibility index (Phi) is 5.10. The minimum atomic E-state index is -0.0707. The van der Waals surface area contributed by atoms with E-state index in [-0.39, 0.29) is 5.56 Å². The second kappa shape index (κ2) is 7.25. The number of hydrogen-bond acceptors (Lipinski definition) is 4. The number of benzene rings is 1. The lowest BCUT2D eigenvalue weighted by Crippen LogP contribution is -2.26. The number of nitrogens with zero attached hydrogens (tertiary/aromatic N) is 2. The van der Waals surface area contributed by atoms with Gasteiger partial charge in [0.1, 0.15) is 5.82 Å². The number of hydrogen-bond donors (Lipinski definition) is 1. The van der Waals surface area contributed by atoms with E-state index < -0.39 is 0 Å². The Morgan fingerprint density at radius 3 is 2.83 bits per heavy atom. The number of aromatic nitrogens is 2. The highest BCUT2D eigenvalue weighted by Crippen LogP contribution is 2.22. The van der Waals surface area contributed by atoms with Gasteiger partial charge in [-0.1, -0.05) is 30.7 Å². The molecule has 0 bridgehead atoms. The Labute approximate surface area is 143 Å². The van der Waals surface area contributed by atoms with Gasteiger partial charge in [0, 0.05) is 24.4 Å². The van der Waals surface area contributed by atoms with Crippen LogP contribution < -0.4 is 5.56 Å². The van der Waals surface area contributed by atoms with E-state index in [0.717, 1.165) is 35.3 Å². The molecular weight excluding hydrogens is 330 g/mol. The van der Waals surface area contributed by atoms with Crippen molar-refractivity contribution in [2.24, 2.45) is 0 Å². The Bertz CT molecular complexity index is 858. The zero-order valence-electron chi connectivity index (χ0n) is 12.9. The van der Waals surface area contributed by atoms with Crippen LogP contribution in [0.4, 0.5) is 0 Å². The zero-order valence-corrected chi connectivity index (χ0v) is 14.5. The molecule has 4 nitrogen and oxygen atoms in total. The average molecular weight is 348 g/mol. The molecule has 0 aliphatic rings. The summed E-state index contributed by atoms with van der Waals surface area (Å²) < 4.78 is 0.816. The molecule has 3 rings (SSSR count). The molecule has 0 saturated heterocycles. The monoisotopic (exact) mass is 347 g/mol. The van der Waals surface area contributed by atoms with Gasteiger partial charge < -0.3 is 4.98 Å². The van der Waals surface area contributed by atoms with Crippen LogP contribution in [0.1, 0.15) is 17.6 Å². The molecule has 0 aliphatic heterocycles. The number of fused-ring (bicyclic) bond motifs is 1. The van der Waals surface area contributed by atoms with Gasteiger partial charge in [0.15, 0.2) is 0 Å². The standard InChI is InChI=1S/C17H18ClN3OS/c1-2-21(11-12-7-8-15(18)23-12)10-9-16-19-14-6-4-3-5-13(14)17(22)20-16/h3-8H,2,9-11H2,1H3,(H,19,20,22). The summed E-state index contributed by atoms with van der Waals surface area (Å²) >= 11 is 7.59. The number of rotatable bonds is 6. The Morgan fingerprint density at radius 2 is 2.09 bits per heavy atom. The summed E-state index contributed by atoms with van der Waals surface area (Å²) in [5.41, 5.74) is 0.679. The first-order valence-corrected chi connectivity index (χ1v) is 8.79. The van der Waals surface area contributed by atoms with Gasteiger partial charge in [-0.2, -0.15) is 0 Å². The van der Waals surface area contributed by atoms with Gasteiger partial charge in [-0.15, -0.1) is 11.3 Å². The van der Waals surface area contributed by atoms with Crippen LogP contribution in [0, 0.1) is 0 Å². The van der Waals surface area contributed by atoms with Crippen molar-refractivity contribution in [1.82, 2.24) is 14.9 Å². The van der Waals surface area contributed by atoms with Crippen molar-refractivity contribution in [2.45, 2.75) is 19.9 Å². The molecule has 6 heteroatoms. The van der Waals surface area contributed by atoms with Crippen molar-refractivity contribution < 1.29 is 0 Å². The fraction of sp³-hybridized carbons (Fsp3) is 0.294. The maximum atomic E-state index is 12.1. The largest absolute Gasteiger partial charge is 0.310 e. The summed E-state index contributed by atoms with van der Waals surface area (Å²) in [5, 5.41) is 0.636. The first-order valence-electron chi connectivity index (χ1n) is 7.60. The third-order valence-electron chi connectivity index (χ3n) is 3.78. The van der Waals surface area contributed by atoms with E-state index in [1.807, 2.05) is 24.3 Å². The molecule has 1 N–H and O–H groups in total. The van der Waals surface area contributed by atoms with Gasteiger partial charge >= 0.3 is 0 Å². The number of likely N-dealkylation sites (N-methyl/N-ethyl adjacent to an activating group) is 1. The first-order chi connectivity index (χ1) is 11.2. The van der Waals surface area contributed by atoms with Crippen LogP contribution in [0.2, 0.25) is 4.34 Å². The van der Waals surface area contributed by atoms with E-state index in [9.17, 15) is 4.79 Å². The Balaban J connectivity index is 1.70. The summed E-state index contributed by atoms with van der Waals surface area (Å²) in [4.78, 5) is 23.1. The van der Waals surface area contributed by atoms with Crippen LogP contribution >= 0.6 is 22.9 Å². The predicted octanol–water partition coefficient (Wildman–Crippen LogP) is 3.70. The average Bonchev–Trinajstić information content (AvgIpc) is 2.96. The molecule has 0 spiro atoms. The molecule has 1 aromatic carbocycles. The highest BCUT2D eigenvalue weighted by molar-refractivity contribution is 7.16. The van der Waals surface area contributed by atoms with Crippen LogP contribution in [0.15, 0.2) is 41.2 Å². The predicted molar refractivity (Wildman–Crippen MR) is 96.3 cm³/mol. The van der Waals surface area contributed by atoms with Gasteiger partial charge in [0.25, 0.3) is 5.56 Å². The molecule has 0 radical (unpaired) electrons. The van der Waals surface area contributed by atoms with Gasteiger partial charge in [-0.25, -0.2) is 4.98 Å². The number of aromatic amines is 1. The maximum Gasteiger partial charge on any atom is 0.258 e. The van der Waals surface area contributed by atoms with E-state index in [1.165, 1.54) is 4.88 Å². The van der Waals surface area contributed by atoms with Crippen LogP contribution in [-0.4, -0.2) is 28.0 Å². The molecule has 120 valence electrons. The number of thiophene rings is 1. The number of nitrogens with one attached hydrogen (secondary N) is 1. The van der Waals surface area contributed by atoms with Gasteiger partial charge in [-0.3, -0.25) is 9.69 Å². The van der Waals surface area contributed by atoms with Gasteiger partial charge in [0.2, 0.25) is 0 Å². The van der Waals surface area contributed by atoms with E-state index in [4.69, 9.17) is 11.6 Å². The van der Waals surface area contributed by atoms with Crippen LogP contribution in [0.25, 0.3) is 10.9 Å². The third kappa shape index (κ3) is 3.99. The second-order valence-corrected chi connectivity index (χ2v) is 7.15. The van der Waals surface area contributed by atoms with Crippen molar-refractivity contribution in [1.29, 1.82) is 0 Å². The fourth-order valence-electron chi connectivity index (χ4n) is 2.52. The molecule has 2 heterocycles. The summed E-state index contributed by atoms with van der Waals surface area (Å²) in [6.45, 7) is 4.78. The third-order valence-corrected chi connectivity index (χ3v) is 5.00. The Hall–Kier alpha value is -1.69. The maximum absolute atomic E-state index is 12.1.